The molecule has 1 aliphatic rings. The summed E-state index contributed by atoms with van der Waals surface area (Å²) in [6.07, 6.45) is 2.38. The number of hydrogen-bond donors (Lipinski definition) is 2. The van der Waals surface area contributed by atoms with E-state index in [2.05, 4.69) is 10.3 Å². The van der Waals surface area contributed by atoms with Crippen molar-refractivity contribution in [2.24, 2.45) is 5.41 Å². The Balaban J connectivity index is 1.99. The first-order chi connectivity index (χ1) is 8.71. The van der Waals surface area contributed by atoms with Gasteiger partial charge in [-0.3, -0.25) is 9.78 Å². The molecule has 18 heavy (non-hydrogen) atoms. The number of aliphatic hydroxyl groups is 1. The number of carbonyl (C=O) groups is 1. The van der Waals surface area contributed by atoms with Gasteiger partial charge in [-0.25, -0.2) is 0 Å². The van der Waals surface area contributed by atoms with Gasteiger partial charge in [0.1, 0.15) is 5.69 Å². The molecule has 1 fully saturated rings. The molecule has 0 radical (unpaired) electrons. The van der Waals surface area contributed by atoms with E-state index in [-0.39, 0.29) is 17.9 Å². The Morgan fingerprint density at radius 3 is 2.94 bits per heavy atom. The minimum Gasteiger partial charge on any atom is -0.396 e. The number of hydrogen-bond acceptors (Lipinski definition) is 4. The van der Waals surface area contributed by atoms with Gasteiger partial charge in [0.05, 0.1) is 25.2 Å². The van der Waals surface area contributed by atoms with Crippen LogP contribution in [0.3, 0.4) is 0 Å². The number of aromatic nitrogens is 1. The molecule has 2 rings (SSSR count). The van der Waals surface area contributed by atoms with Gasteiger partial charge in [0.25, 0.3) is 5.91 Å². The van der Waals surface area contributed by atoms with E-state index in [1.807, 2.05) is 19.1 Å². The molecule has 0 aliphatic carbocycles. The van der Waals surface area contributed by atoms with Gasteiger partial charge in [-0.05, 0) is 18.1 Å². The first kappa shape index (κ1) is 13.0. The van der Waals surface area contributed by atoms with Crippen molar-refractivity contribution in [1.82, 2.24) is 10.3 Å². The third-order valence-corrected chi connectivity index (χ3v) is 3.26. The number of ether oxygens (including phenoxy) is 1. The Morgan fingerprint density at radius 2 is 2.39 bits per heavy atom. The molecule has 1 aromatic heterocycles. The van der Waals surface area contributed by atoms with Crippen LogP contribution in [0.5, 0.6) is 0 Å². The molecule has 5 heteroatoms. The molecule has 2 heterocycles. The fraction of sp³-hybridized carbons (Fsp3) is 0.538. The normalized spacial score (nSPS) is 17.0. The molecule has 98 valence electrons. The number of nitrogens with zero attached hydrogens (tertiary/aromatic N) is 1. The van der Waals surface area contributed by atoms with Crippen molar-refractivity contribution in [2.45, 2.75) is 13.3 Å². The second-order valence-corrected chi connectivity index (χ2v) is 4.70. The summed E-state index contributed by atoms with van der Waals surface area (Å²) in [6.45, 7) is 3.42. The molecule has 0 aromatic carbocycles. The molecule has 0 atom stereocenters. The number of carbonyl (C=O) groups excluding carboxylic acids is 1. The molecule has 2 N–H and O–H groups in total. The van der Waals surface area contributed by atoms with Crippen molar-refractivity contribution in [3.63, 3.8) is 0 Å². The SMILES string of the molecule is CCc1cccnc1C(=O)NCC1(CO)COC1. The van der Waals surface area contributed by atoms with Crippen LogP contribution >= 0.6 is 0 Å². The monoisotopic (exact) mass is 250 g/mol. The maximum atomic E-state index is 12.0. The predicted octanol–water partition coefficient (Wildman–Crippen LogP) is 0.383. The molecule has 5 nitrogen and oxygen atoms in total. The minimum absolute atomic E-state index is 0.0239. The zero-order chi connectivity index (χ0) is 13.0. The lowest BCUT2D eigenvalue weighted by atomic mass is 9.87. The highest BCUT2D eigenvalue weighted by molar-refractivity contribution is 5.93. The van der Waals surface area contributed by atoms with Crippen LogP contribution in [-0.4, -0.2) is 42.4 Å². The second-order valence-electron chi connectivity index (χ2n) is 4.70. The average molecular weight is 250 g/mol. The van der Waals surface area contributed by atoms with Crippen LogP contribution in [-0.2, 0) is 11.2 Å². The summed E-state index contributed by atoms with van der Waals surface area (Å²) in [4.78, 5) is 16.1. The third-order valence-electron chi connectivity index (χ3n) is 3.26. The molecule has 1 saturated heterocycles. The van der Waals surface area contributed by atoms with Crippen molar-refractivity contribution >= 4 is 5.91 Å². The van der Waals surface area contributed by atoms with E-state index in [0.717, 1.165) is 12.0 Å². The van der Waals surface area contributed by atoms with Crippen LogP contribution < -0.4 is 5.32 Å². The van der Waals surface area contributed by atoms with E-state index < -0.39 is 0 Å². The predicted molar refractivity (Wildman–Crippen MR) is 66.3 cm³/mol. The quantitative estimate of drug-likeness (QED) is 0.792. The maximum absolute atomic E-state index is 12.0. The van der Waals surface area contributed by atoms with Crippen molar-refractivity contribution in [1.29, 1.82) is 0 Å². The Morgan fingerprint density at radius 1 is 1.61 bits per heavy atom. The highest BCUT2D eigenvalue weighted by atomic mass is 16.5. The summed E-state index contributed by atoms with van der Waals surface area (Å²) in [6, 6.07) is 3.72. The van der Waals surface area contributed by atoms with Gasteiger partial charge in [0.2, 0.25) is 0 Å². The van der Waals surface area contributed by atoms with Crippen molar-refractivity contribution < 1.29 is 14.6 Å². The van der Waals surface area contributed by atoms with Gasteiger partial charge >= 0.3 is 0 Å². The van der Waals surface area contributed by atoms with E-state index in [1.54, 1.807) is 6.20 Å². The third kappa shape index (κ3) is 2.52. The number of aryl methyl sites for hydroxylation is 1. The average Bonchev–Trinajstić information content (AvgIpc) is 2.37. The highest BCUT2D eigenvalue weighted by Crippen LogP contribution is 2.25. The van der Waals surface area contributed by atoms with Crippen LogP contribution in [0.15, 0.2) is 18.3 Å². The second kappa shape index (κ2) is 5.46. The summed E-state index contributed by atoms with van der Waals surface area (Å²) in [7, 11) is 0. The number of amides is 1. The smallest absolute Gasteiger partial charge is 0.270 e. The van der Waals surface area contributed by atoms with E-state index in [4.69, 9.17) is 4.74 Å². The van der Waals surface area contributed by atoms with Gasteiger partial charge in [-0.1, -0.05) is 13.0 Å². The summed E-state index contributed by atoms with van der Waals surface area (Å²) in [5, 5.41) is 12.1. The minimum atomic E-state index is -0.309. The topological polar surface area (TPSA) is 71.5 Å². The first-order valence-corrected chi connectivity index (χ1v) is 6.11. The molecular weight excluding hydrogens is 232 g/mol. The van der Waals surface area contributed by atoms with Gasteiger partial charge in [0, 0.05) is 12.7 Å². The number of rotatable bonds is 5. The lowest BCUT2D eigenvalue weighted by Gasteiger charge is -2.39. The molecule has 0 saturated carbocycles. The lowest BCUT2D eigenvalue weighted by Crippen LogP contribution is -2.53. The maximum Gasteiger partial charge on any atom is 0.270 e. The fourth-order valence-corrected chi connectivity index (χ4v) is 1.92. The van der Waals surface area contributed by atoms with E-state index in [9.17, 15) is 9.90 Å². The van der Waals surface area contributed by atoms with Gasteiger partial charge in [-0.15, -0.1) is 0 Å². The Bertz CT molecular complexity index is 424. The lowest BCUT2D eigenvalue weighted by molar-refractivity contribution is -0.133. The van der Waals surface area contributed by atoms with Gasteiger partial charge in [0.15, 0.2) is 0 Å². The Hall–Kier alpha value is -1.46. The summed E-state index contributed by atoms with van der Waals surface area (Å²) < 4.78 is 5.09. The molecule has 0 unspecified atom stereocenters. The molecular formula is C13H18N2O3. The van der Waals surface area contributed by atoms with Crippen molar-refractivity contribution in [2.75, 3.05) is 26.4 Å². The molecule has 1 aliphatic heterocycles. The molecule has 0 spiro atoms. The number of nitrogens with one attached hydrogen (secondary N) is 1. The van der Waals surface area contributed by atoms with Crippen LogP contribution in [0.25, 0.3) is 0 Å². The highest BCUT2D eigenvalue weighted by Gasteiger charge is 2.38. The van der Waals surface area contributed by atoms with Gasteiger partial charge < -0.3 is 15.2 Å². The van der Waals surface area contributed by atoms with Crippen LogP contribution in [0.2, 0.25) is 0 Å². The van der Waals surface area contributed by atoms with Crippen LogP contribution in [0.1, 0.15) is 23.0 Å². The zero-order valence-electron chi connectivity index (χ0n) is 10.5. The number of pyridine rings is 1. The van der Waals surface area contributed by atoms with E-state index in [1.165, 1.54) is 0 Å². The summed E-state index contributed by atoms with van der Waals surface area (Å²) in [5.74, 6) is -0.188. The number of aliphatic hydroxyl groups excluding tert-OH is 1. The van der Waals surface area contributed by atoms with E-state index in [0.29, 0.717) is 25.5 Å². The Kier molecular flexibility index (Phi) is 3.93. The summed E-state index contributed by atoms with van der Waals surface area (Å²) >= 11 is 0. The fourth-order valence-electron chi connectivity index (χ4n) is 1.92. The standard InChI is InChI=1S/C13H18N2O3/c1-2-10-4-3-5-14-11(10)12(17)15-6-13(7-16)8-18-9-13/h3-5,16H,2,6-9H2,1H3,(H,15,17). The van der Waals surface area contributed by atoms with Crippen molar-refractivity contribution in [3.05, 3.63) is 29.6 Å². The van der Waals surface area contributed by atoms with Gasteiger partial charge in [-0.2, -0.15) is 0 Å². The Labute approximate surface area is 106 Å². The van der Waals surface area contributed by atoms with E-state index >= 15 is 0 Å². The summed E-state index contributed by atoms with van der Waals surface area (Å²) in [5.41, 5.74) is 1.09. The largest absolute Gasteiger partial charge is 0.396 e. The van der Waals surface area contributed by atoms with Crippen molar-refractivity contribution in [3.8, 4) is 0 Å². The first-order valence-electron chi connectivity index (χ1n) is 6.11. The zero-order valence-corrected chi connectivity index (χ0v) is 10.5. The molecule has 1 aromatic rings. The van der Waals surface area contributed by atoms with Crippen LogP contribution in [0.4, 0.5) is 0 Å². The molecule has 1 amide bonds. The van der Waals surface area contributed by atoms with Crippen LogP contribution in [0, 0.1) is 5.41 Å². The molecule has 0 bridgehead atoms.